The summed E-state index contributed by atoms with van der Waals surface area (Å²) in [5, 5.41) is 7.26. The fraction of sp³-hybridized carbons (Fsp3) is 0.200. The number of thioether (sulfide) groups is 1. The van der Waals surface area contributed by atoms with Gasteiger partial charge in [-0.1, -0.05) is 34.1 Å². The molecule has 0 atom stereocenters. The molecule has 2 aromatic carbocycles. The number of nitrogens with one attached hydrogen (secondary N) is 1. The Hall–Kier alpha value is -2.05. The number of hydrogen-bond acceptors (Lipinski definition) is 3. The van der Waals surface area contributed by atoms with Crippen LogP contribution in [0.1, 0.15) is 16.7 Å². The van der Waals surface area contributed by atoms with Crippen LogP contribution in [0.25, 0.3) is 0 Å². The van der Waals surface area contributed by atoms with Crippen molar-refractivity contribution in [3.63, 3.8) is 0 Å². The first-order valence-electron chi connectivity index (χ1n) is 8.27. The molecule has 6 heteroatoms. The van der Waals surface area contributed by atoms with Crippen LogP contribution in [0.4, 0.5) is 5.69 Å². The van der Waals surface area contributed by atoms with Gasteiger partial charge in [0.05, 0.1) is 12.3 Å². The molecule has 0 unspecified atom stereocenters. The van der Waals surface area contributed by atoms with Gasteiger partial charge in [-0.3, -0.25) is 9.48 Å². The minimum Gasteiger partial charge on any atom is -0.325 e. The molecule has 26 heavy (non-hydrogen) atoms. The van der Waals surface area contributed by atoms with Gasteiger partial charge in [-0.15, -0.1) is 11.8 Å². The summed E-state index contributed by atoms with van der Waals surface area (Å²) in [5.74, 6) is 0.362. The van der Waals surface area contributed by atoms with E-state index in [1.165, 1.54) is 11.1 Å². The summed E-state index contributed by atoms with van der Waals surface area (Å²) in [5.41, 5.74) is 4.20. The van der Waals surface area contributed by atoms with Gasteiger partial charge in [0.1, 0.15) is 0 Å². The molecule has 0 spiro atoms. The van der Waals surface area contributed by atoms with E-state index in [2.05, 4.69) is 52.3 Å². The average molecular weight is 430 g/mol. The molecule has 4 nitrogen and oxygen atoms in total. The Balaban J connectivity index is 1.65. The summed E-state index contributed by atoms with van der Waals surface area (Å²) in [6.45, 7) is 4.74. The number of rotatable bonds is 6. The van der Waals surface area contributed by atoms with Crippen LogP contribution in [-0.4, -0.2) is 21.4 Å². The second kappa shape index (κ2) is 8.56. The zero-order chi connectivity index (χ0) is 18.5. The quantitative estimate of drug-likeness (QED) is 0.558. The highest BCUT2D eigenvalue weighted by Crippen LogP contribution is 2.28. The third-order valence-electron chi connectivity index (χ3n) is 4.00. The molecule has 1 amide bonds. The van der Waals surface area contributed by atoms with Crippen LogP contribution in [0.2, 0.25) is 0 Å². The van der Waals surface area contributed by atoms with E-state index in [1.807, 2.05) is 41.2 Å². The molecule has 0 bridgehead atoms. The Morgan fingerprint density at radius 2 is 2.00 bits per heavy atom. The first-order valence-corrected chi connectivity index (χ1v) is 10.1. The SMILES string of the molecule is Cc1cc(SCC(=O)Nc2ccccc2Cn2cccn2)c(C)cc1Br. The minimum atomic E-state index is -0.0112. The number of halogens is 1. The van der Waals surface area contributed by atoms with Crippen molar-refractivity contribution >= 4 is 39.3 Å². The van der Waals surface area contributed by atoms with Crippen LogP contribution in [0.15, 0.2) is 64.2 Å². The lowest BCUT2D eigenvalue weighted by atomic mass is 10.2. The molecule has 134 valence electrons. The molecule has 0 fully saturated rings. The maximum absolute atomic E-state index is 12.4. The molecule has 0 saturated carbocycles. The molecule has 0 radical (unpaired) electrons. The number of carbonyl (C=O) groups excluding carboxylic acids is 1. The van der Waals surface area contributed by atoms with Crippen molar-refractivity contribution in [2.45, 2.75) is 25.3 Å². The van der Waals surface area contributed by atoms with E-state index < -0.39 is 0 Å². The zero-order valence-corrected chi connectivity index (χ0v) is 17.1. The third-order valence-corrected chi connectivity index (χ3v) is 6.01. The van der Waals surface area contributed by atoms with Crippen LogP contribution in [0.5, 0.6) is 0 Å². The largest absolute Gasteiger partial charge is 0.325 e. The highest BCUT2D eigenvalue weighted by atomic mass is 79.9. The van der Waals surface area contributed by atoms with Crippen molar-refractivity contribution in [2.24, 2.45) is 0 Å². The molecule has 0 aliphatic heterocycles. The Morgan fingerprint density at radius 1 is 1.19 bits per heavy atom. The van der Waals surface area contributed by atoms with Gasteiger partial charge in [0.25, 0.3) is 0 Å². The first kappa shape index (κ1) is 18.7. The molecule has 3 aromatic rings. The van der Waals surface area contributed by atoms with Crippen molar-refractivity contribution in [3.05, 3.63) is 76.0 Å². The van der Waals surface area contributed by atoms with Gasteiger partial charge in [-0.05, 0) is 54.8 Å². The summed E-state index contributed by atoms with van der Waals surface area (Å²) in [6.07, 6.45) is 3.66. The van der Waals surface area contributed by atoms with Crippen molar-refractivity contribution < 1.29 is 4.79 Å². The summed E-state index contributed by atoms with van der Waals surface area (Å²) in [4.78, 5) is 13.6. The van der Waals surface area contributed by atoms with Gasteiger partial charge < -0.3 is 5.32 Å². The van der Waals surface area contributed by atoms with Gasteiger partial charge in [0, 0.05) is 27.4 Å². The average Bonchev–Trinajstić information content (AvgIpc) is 3.12. The number of nitrogens with zero attached hydrogens (tertiary/aromatic N) is 2. The molecule has 0 aliphatic rings. The summed E-state index contributed by atoms with van der Waals surface area (Å²) < 4.78 is 2.93. The predicted octanol–water partition coefficient (Wildman–Crippen LogP) is 5.04. The highest BCUT2D eigenvalue weighted by molar-refractivity contribution is 9.10. The Kier molecular flexibility index (Phi) is 6.16. The molecular weight excluding hydrogens is 410 g/mol. The van der Waals surface area contributed by atoms with E-state index in [-0.39, 0.29) is 5.91 Å². The minimum absolute atomic E-state index is 0.0112. The lowest BCUT2D eigenvalue weighted by Gasteiger charge is -2.12. The smallest absolute Gasteiger partial charge is 0.234 e. The van der Waals surface area contributed by atoms with Gasteiger partial charge >= 0.3 is 0 Å². The standard InChI is InChI=1S/C20H20BrN3OS/c1-14-11-19(15(2)10-17(14)21)26-13-20(25)23-18-7-4-3-6-16(18)12-24-9-5-8-22-24/h3-11H,12-13H2,1-2H3,(H,23,25). The number of para-hydroxylation sites is 1. The highest BCUT2D eigenvalue weighted by Gasteiger charge is 2.10. The number of aryl methyl sites for hydroxylation is 2. The van der Waals surface area contributed by atoms with E-state index in [9.17, 15) is 4.79 Å². The fourth-order valence-electron chi connectivity index (χ4n) is 2.59. The van der Waals surface area contributed by atoms with Crippen LogP contribution < -0.4 is 5.32 Å². The Bertz CT molecular complexity index is 909. The lowest BCUT2D eigenvalue weighted by Crippen LogP contribution is -2.16. The molecule has 3 rings (SSSR count). The third kappa shape index (κ3) is 4.77. The van der Waals surface area contributed by atoms with Gasteiger partial charge in [-0.2, -0.15) is 5.10 Å². The van der Waals surface area contributed by atoms with E-state index in [0.717, 1.165) is 20.6 Å². The van der Waals surface area contributed by atoms with Crippen LogP contribution in [0, 0.1) is 13.8 Å². The molecule has 1 heterocycles. The number of benzene rings is 2. The van der Waals surface area contributed by atoms with Crippen molar-refractivity contribution in [3.8, 4) is 0 Å². The van der Waals surface area contributed by atoms with Crippen molar-refractivity contribution in [1.82, 2.24) is 9.78 Å². The van der Waals surface area contributed by atoms with Gasteiger partial charge in [0.15, 0.2) is 0 Å². The van der Waals surface area contributed by atoms with Gasteiger partial charge in [0.2, 0.25) is 5.91 Å². The van der Waals surface area contributed by atoms with Crippen LogP contribution in [0.3, 0.4) is 0 Å². The van der Waals surface area contributed by atoms with Crippen molar-refractivity contribution in [1.29, 1.82) is 0 Å². The number of hydrogen-bond donors (Lipinski definition) is 1. The van der Waals surface area contributed by atoms with Gasteiger partial charge in [-0.25, -0.2) is 0 Å². The molecule has 1 aromatic heterocycles. The van der Waals surface area contributed by atoms with E-state index in [1.54, 1.807) is 18.0 Å². The summed E-state index contributed by atoms with van der Waals surface area (Å²) in [6, 6.07) is 13.9. The maximum Gasteiger partial charge on any atom is 0.234 e. The van der Waals surface area contributed by atoms with Crippen LogP contribution >= 0.6 is 27.7 Å². The second-order valence-electron chi connectivity index (χ2n) is 6.06. The van der Waals surface area contributed by atoms with E-state index >= 15 is 0 Å². The Labute approximate surface area is 166 Å². The Morgan fingerprint density at radius 3 is 2.77 bits per heavy atom. The molecular formula is C20H20BrN3OS. The van der Waals surface area contributed by atoms with E-state index in [4.69, 9.17) is 0 Å². The van der Waals surface area contributed by atoms with Crippen molar-refractivity contribution in [2.75, 3.05) is 11.1 Å². The monoisotopic (exact) mass is 429 g/mol. The predicted molar refractivity (Wildman–Crippen MR) is 111 cm³/mol. The number of carbonyl (C=O) groups is 1. The number of aromatic nitrogens is 2. The molecule has 1 N–H and O–H groups in total. The molecule has 0 aliphatic carbocycles. The van der Waals surface area contributed by atoms with E-state index in [0.29, 0.717) is 12.3 Å². The topological polar surface area (TPSA) is 46.9 Å². The fourth-order valence-corrected chi connectivity index (χ4v) is 3.95. The molecule has 0 saturated heterocycles. The zero-order valence-electron chi connectivity index (χ0n) is 14.7. The summed E-state index contributed by atoms with van der Waals surface area (Å²) in [7, 11) is 0. The van der Waals surface area contributed by atoms with Crippen LogP contribution in [-0.2, 0) is 11.3 Å². The first-order chi connectivity index (χ1) is 12.5. The second-order valence-corrected chi connectivity index (χ2v) is 7.94. The lowest BCUT2D eigenvalue weighted by molar-refractivity contribution is -0.113. The maximum atomic E-state index is 12.4. The number of anilines is 1. The number of amides is 1. The normalized spacial score (nSPS) is 10.7. The summed E-state index contributed by atoms with van der Waals surface area (Å²) >= 11 is 5.10.